The monoisotopic (exact) mass is 183 g/mol. The van der Waals surface area contributed by atoms with Crippen molar-refractivity contribution >= 4 is 16.2 Å². The summed E-state index contributed by atoms with van der Waals surface area (Å²) in [6.07, 6.45) is 1.27. The molecule has 4 heteroatoms. The third-order valence-corrected chi connectivity index (χ3v) is 2.64. The van der Waals surface area contributed by atoms with Gasteiger partial charge in [0.2, 0.25) is 0 Å². The number of benzene rings is 1. The Hall–Kier alpha value is -1.16. The molecule has 1 rings (SSSR count). The summed E-state index contributed by atoms with van der Waals surface area (Å²) in [5.74, 6) is 0. The average molecular weight is 183 g/mol. The van der Waals surface area contributed by atoms with Crippen LogP contribution in [0.15, 0.2) is 39.6 Å². The van der Waals surface area contributed by atoms with Gasteiger partial charge in [0.1, 0.15) is 0 Å². The first kappa shape index (κ1) is 8.93. The smallest absolute Gasteiger partial charge is 0.199 e. The molecular weight excluding hydrogens is 174 g/mol. The van der Waals surface area contributed by atoms with E-state index in [9.17, 15) is 8.42 Å². The molecule has 0 heterocycles. The van der Waals surface area contributed by atoms with Crippen LogP contribution in [0.1, 0.15) is 6.92 Å². The van der Waals surface area contributed by atoms with Crippen molar-refractivity contribution in [2.45, 2.75) is 11.8 Å². The van der Waals surface area contributed by atoms with E-state index >= 15 is 0 Å². The summed E-state index contributed by atoms with van der Waals surface area (Å²) in [5.41, 5.74) is 0. The minimum absolute atomic E-state index is 0.225. The van der Waals surface area contributed by atoms with Gasteiger partial charge in [-0.25, -0.2) is 0 Å². The van der Waals surface area contributed by atoms with Crippen LogP contribution in [-0.2, 0) is 10.0 Å². The Morgan fingerprint density at radius 3 is 2.33 bits per heavy atom. The molecule has 0 spiro atoms. The van der Waals surface area contributed by atoms with E-state index < -0.39 is 10.0 Å². The molecule has 0 aliphatic heterocycles. The zero-order chi connectivity index (χ0) is 9.03. The zero-order valence-corrected chi connectivity index (χ0v) is 7.45. The van der Waals surface area contributed by atoms with Crippen LogP contribution in [-0.4, -0.2) is 14.6 Å². The largest absolute Gasteiger partial charge is 0.281 e. The SMILES string of the molecule is C/C=N/S(=O)(=O)c1ccccc1. The number of sulfonamides is 1. The highest BCUT2D eigenvalue weighted by molar-refractivity contribution is 7.90. The second-order valence-corrected chi connectivity index (χ2v) is 3.78. The lowest BCUT2D eigenvalue weighted by Gasteiger charge is -1.95. The van der Waals surface area contributed by atoms with Crippen molar-refractivity contribution in [1.29, 1.82) is 0 Å². The van der Waals surface area contributed by atoms with Crippen molar-refractivity contribution in [3.8, 4) is 0 Å². The molecule has 12 heavy (non-hydrogen) atoms. The lowest BCUT2D eigenvalue weighted by Crippen LogP contribution is -1.95. The van der Waals surface area contributed by atoms with Crippen LogP contribution >= 0.6 is 0 Å². The van der Waals surface area contributed by atoms with Crippen LogP contribution in [0.25, 0.3) is 0 Å². The highest BCUT2D eigenvalue weighted by Crippen LogP contribution is 2.09. The minimum atomic E-state index is -3.44. The molecule has 0 N–H and O–H groups in total. The van der Waals surface area contributed by atoms with Crippen LogP contribution in [0.2, 0.25) is 0 Å². The highest BCUT2D eigenvalue weighted by Gasteiger charge is 2.08. The topological polar surface area (TPSA) is 46.5 Å². The molecule has 0 fully saturated rings. The fraction of sp³-hybridized carbons (Fsp3) is 0.125. The van der Waals surface area contributed by atoms with Crippen LogP contribution in [0, 0.1) is 0 Å². The van der Waals surface area contributed by atoms with E-state index in [1.165, 1.54) is 18.3 Å². The third-order valence-electron chi connectivity index (χ3n) is 1.29. The van der Waals surface area contributed by atoms with Gasteiger partial charge >= 0.3 is 0 Å². The average Bonchev–Trinajstić information content (AvgIpc) is 2.06. The predicted molar refractivity (Wildman–Crippen MR) is 47.8 cm³/mol. The fourth-order valence-electron chi connectivity index (χ4n) is 0.792. The first-order chi connectivity index (χ1) is 5.67. The van der Waals surface area contributed by atoms with Crippen molar-refractivity contribution in [3.05, 3.63) is 30.3 Å². The van der Waals surface area contributed by atoms with Gasteiger partial charge in [-0.15, -0.1) is 0 Å². The van der Waals surface area contributed by atoms with Crippen molar-refractivity contribution in [1.82, 2.24) is 0 Å². The van der Waals surface area contributed by atoms with Gasteiger partial charge < -0.3 is 0 Å². The molecule has 0 bridgehead atoms. The van der Waals surface area contributed by atoms with Crippen LogP contribution in [0.4, 0.5) is 0 Å². The first-order valence-electron chi connectivity index (χ1n) is 3.47. The molecule has 0 atom stereocenters. The third kappa shape index (κ3) is 1.92. The van der Waals surface area contributed by atoms with Crippen molar-refractivity contribution < 1.29 is 8.42 Å². The Morgan fingerprint density at radius 1 is 1.25 bits per heavy atom. The summed E-state index contributed by atoms with van der Waals surface area (Å²) in [5, 5.41) is 0. The lowest BCUT2D eigenvalue weighted by molar-refractivity contribution is 0.598. The molecule has 0 aliphatic carbocycles. The summed E-state index contributed by atoms with van der Waals surface area (Å²) in [6, 6.07) is 8.12. The molecule has 64 valence electrons. The Kier molecular flexibility index (Phi) is 2.60. The summed E-state index contributed by atoms with van der Waals surface area (Å²) in [4.78, 5) is 0.225. The van der Waals surface area contributed by atoms with E-state index in [1.807, 2.05) is 0 Å². The van der Waals surface area contributed by atoms with Gasteiger partial charge in [-0.05, 0) is 19.1 Å². The maximum atomic E-state index is 11.2. The molecule has 0 saturated heterocycles. The lowest BCUT2D eigenvalue weighted by atomic mass is 10.4. The minimum Gasteiger partial charge on any atom is -0.199 e. The summed E-state index contributed by atoms with van der Waals surface area (Å²) in [6.45, 7) is 1.57. The number of hydrogen-bond acceptors (Lipinski definition) is 2. The second-order valence-electron chi connectivity index (χ2n) is 2.15. The molecule has 0 aliphatic rings. The molecule has 0 unspecified atom stereocenters. The van der Waals surface area contributed by atoms with Gasteiger partial charge in [-0.2, -0.15) is 12.8 Å². The Morgan fingerprint density at radius 2 is 1.83 bits per heavy atom. The first-order valence-corrected chi connectivity index (χ1v) is 4.91. The van der Waals surface area contributed by atoms with Crippen molar-refractivity contribution in [3.63, 3.8) is 0 Å². The zero-order valence-electron chi connectivity index (χ0n) is 6.64. The van der Waals surface area contributed by atoms with E-state index in [-0.39, 0.29) is 4.90 Å². The maximum absolute atomic E-state index is 11.2. The second kappa shape index (κ2) is 3.49. The molecule has 3 nitrogen and oxygen atoms in total. The van der Waals surface area contributed by atoms with E-state index in [2.05, 4.69) is 4.40 Å². The molecular formula is C8H9NO2S. The van der Waals surface area contributed by atoms with Crippen molar-refractivity contribution in [2.24, 2.45) is 4.40 Å². The van der Waals surface area contributed by atoms with Crippen LogP contribution in [0.3, 0.4) is 0 Å². The number of hydrogen-bond donors (Lipinski definition) is 0. The van der Waals surface area contributed by atoms with Gasteiger partial charge in [0.15, 0.2) is 0 Å². The summed E-state index contributed by atoms with van der Waals surface area (Å²) >= 11 is 0. The Balaban J connectivity index is 3.16. The molecule has 0 saturated carbocycles. The number of rotatable bonds is 2. The fourth-order valence-corrected chi connectivity index (χ4v) is 1.69. The van der Waals surface area contributed by atoms with Crippen molar-refractivity contribution in [2.75, 3.05) is 0 Å². The van der Waals surface area contributed by atoms with E-state index in [0.717, 1.165) is 0 Å². The van der Waals surface area contributed by atoms with Crippen LogP contribution < -0.4 is 0 Å². The maximum Gasteiger partial charge on any atom is 0.281 e. The summed E-state index contributed by atoms with van der Waals surface area (Å²) < 4.78 is 25.8. The Bertz CT molecular complexity index is 367. The van der Waals surface area contributed by atoms with Gasteiger partial charge in [-0.3, -0.25) is 0 Å². The molecule has 1 aromatic carbocycles. The molecule has 0 aromatic heterocycles. The van der Waals surface area contributed by atoms with E-state index in [0.29, 0.717) is 0 Å². The van der Waals surface area contributed by atoms with Gasteiger partial charge in [-0.1, -0.05) is 18.2 Å². The van der Waals surface area contributed by atoms with E-state index in [1.54, 1.807) is 25.1 Å². The van der Waals surface area contributed by atoms with Gasteiger partial charge in [0.05, 0.1) is 4.90 Å². The van der Waals surface area contributed by atoms with Gasteiger partial charge in [0, 0.05) is 6.21 Å². The predicted octanol–water partition coefficient (Wildman–Crippen LogP) is 1.47. The number of nitrogens with zero attached hydrogens (tertiary/aromatic N) is 1. The van der Waals surface area contributed by atoms with Crippen LogP contribution in [0.5, 0.6) is 0 Å². The van der Waals surface area contributed by atoms with E-state index in [4.69, 9.17) is 0 Å². The molecule has 0 amide bonds. The van der Waals surface area contributed by atoms with Gasteiger partial charge in [0.25, 0.3) is 10.0 Å². The highest BCUT2D eigenvalue weighted by atomic mass is 32.2. The normalized spacial score (nSPS) is 12.1. The quantitative estimate of drug-likeness (QED) is 0.652. The summed E-state index contributed by atoms with van der Waals surface area (Å²) in [7, 11) is -3.44. The Labute approximate surface area is 71.8 Å². The molecule has 1 aromatic rings. The molecule has 0 radical (unpaired) electrons. The standard InChI is InChI=1S/C8H9NO2S/c1-2-9-12(10,11)8-6-4-3-5-7-8/h2-7H,1H3/b9-2+.